The molecular weight excluding hydrogens is 208 g/mol. The fourth-order valence-electron chi connectivity index (χ4n) is 1.46. The highest BCUT2D eigenvalue weighted by atomic mass is 16.5. The van der Waals surface area contributed by atoms with Gasteiger partial charge in [-0.05, 0) is 24.0 Å². The average molecular weight is 238 g/mol. The van der Waals surface area contributed by atoms with Gasteiger partial charge in [-0.25, -0.2) is 0 Å². The van der Waals surface area contributed by atoms with Crippen molar-refractivity contribution in [3.63, 3.8) is 0 Å². The molecule has 1 nitrogen and oxygen atoms in total. The summed E-state index contributed by atoms with van der Waals surface area (Å²) in [6, 6.07) is 0. The molecule has 2 rings (SSSR count). The molecule has 1 aliphatic heterocycles. The molecule has 1 aliphatic carbocycles. The van der Waals surface area contributed by atoms with Crippen LogP contribution in [-0.2, 0) is 4.74 Å². The zero-order valence-corrected chi connectivity index (χ0v) is 12.5. The minimum absolute atomic E-state index is 0.802. The summed E-state index contributed by atoms with van der Waals surface area (Å²) in [5.74, 6) is 0. The maximum Gasteiger partial charge on any atom is 0.0719 e. The van der Waals surface area contributed by atoms with Crippen molar-refractivity contribution in [1.29, 1.82) is 0 Å². The van der Waals surface area contributed by atoms with Gasteiger partial charge in [0.05, 0.1) is 13.2 Å². The molecule has 1 heterocycles. The second kappa shape index (κ2) is 15.2. The Hall–Kier alpha value is -0.820. The molecule has 100 valence electrons. The third kappa shape index (κ3) is 7.98. The van der Waals surface area contributed by atoms with Crippen LogP contribution in [0.4, 0.5) is 0 Å². The molecule has 0 radical (unpaired) electrons. The Labute approximate surface area is 108 Å². The van der Waals surface area contributed by atoms with Gasteiger partial charge < -0.3 is 4.74 Å². The Bertz CT molecular complexity index is 210. The van der Waals surface area contributed by atoms with Gasteiger partial charge in [-0.2, -0.15) is 0 Å². The van der Waals surface area contributed by atoms with E-state index in [-0.39, 0.29) is 0 Å². The molecule has 0 bridgehead atoms. The van der Waals surface area contributed by atoms with E-state index in [0.29, 0.717) is 0 Å². The predicted octanol–water partition coefficient (Wildman–Crippen LogP) is 5.30. The molecule has 0 amide bonds. The van der Waals surface area contributed by atoms with Crippen LogP contribution in [0.1, 0.15) is 54.4 Å². The maximum atomic E-state index is 5.35. The van der Waals surface area contributed by atoms with Crippen molar-refractivity contribution in [1.82, 2.24) is 0 Å². The van der Waals surface area contributed by atoms with Gasteiger partial charge in [0, 0.05) is 0 Å². The lowest BCUT2D eigenvalue weighted by atomic mass is 10.0. The molecule has 0 saturated carbocycles. The number of hydrogen-bond donors (Lipinski definition) is 0. The van der Waals surface area contributed by atoms with Crippen LogP contribution >= 0.6 is 0 Å². The van der Waals surface area contributed by atoms with E-state index in [0.717, 1.165) is 26.1 Å². The van der Waals surface area contributed by atoms with Crippen molar-refractivity contribution in [3.05, 3.63) is 35.5 Å². The van der Waals surface area contributed by atoms with E-state index in [1.165, 1.54) is 11.1 Å². The van der Waals surface area contributed by atoms with Gasteiger partial charge in [0.2, 0.25) is 0 Å². The van der Waals surface area contributed by atoms with E-state index in [9.17, 15) is 0 Å². The standard InChI is InChI=1S/C10H12O.3C2H6/c1-2-4-9-6-7-11-8-10(9)5-3-1;3*1-2/h2-5H,1,6-8H2;3*1-2H3. The predicted molar refractivity (Wildman–Crippen MR) is 79.4 cm³/mol. The third-order valence-corrected chi connectivity index (χ3v) is 2.10. The van der Waals surface area contributed by atoms with Gasteiger partial charge in [0.15, 0.2) is 0 Å². The zero-order chi connectivity index (χ0) is 13.5. The summed E-state index contributed by atoms with van der Waals surface area (Å²) < 4.78 is 5.35. The average Bonchev–Trinajstić information content (AvgIpc) is 2.70. The minimum atomic E-state index is 0.802. The molecule has 2 aliphatic rings. The highest BCUT2D eigenvalue weighted by Crippen LogP contribution is 2.20. The van der Waals surface area contributed by atoms with Gasteiger partial charge in [0.25, 0.3) is 0 Å². The first-order valence-electron chi connectivity index (χ1n) is 7.09. The first kappa shape index (κ1) is 18.5. The summed E-state index contributed by atoms with van der Waals surface area (Å²) in [5.41, 5.74) is 2.83. The molecule has 17 heavy (non-hydrogen) atoms. The smallest absolute Gasteiger partial charge is 0.0719 e. The highest BCUT2D eigenvalue weighted by Gasteiger charge is 2.08. The van der Waals surface area contributed by atoms with Crippen LogP contribution < -0.4 is 0 Å². The summed E-state index contributed by atoms with van der Waals surface area (Å²) >= 11 is 0. The fourth-order valence-corrected chi connectivity index (χ4v) is 1.46. The first-order valence-corrected chi connectivity index (χ1v) is 7.09. The van der Waals surface area contributed by atoms with Crippen molar-refractivity contribution >= 4 is 0 Å². The van der Waals surface area contributed by atoms with E-state index in [1.54, 1.807) is 0 Å². The van der Waals surface area contributed by atoms with E-state index in [2.05, 4.69) is 24.3 Å². The van der Waals surface area contributed by atoms with Gasteiger partial charge >= 0.3 is 0 Å². The lowest BCUT2D eigenvalue weighted by Gasteiger charge is -2.15. The van der Waals surface area contributed by atoms with Crippen LogP contribution in [0.25, 0.3) is 0 Å². The lowest BCUT2D eigenvalue weighted by molar-refractivity contribution is 0.150. The summed E-state index contributed by atoms with van der Waals surface area (Å²) in [6.07, 6.45) is 11.0. The monoisotopic (exact) mass is 238 g/mol. The SMILES string of the molecule is C1=CC2=C(C=CC1)COCC2.CC.CC.CC. The summed E-state index contributed by atoms with van der Waals surface area (Å²) in [5, 5.41) is 0. The van der Waals surface area contributed by atoms with Crippen molar-refractivity contribution in [2.75, 3.05) is 13.2 Å². The Kier molecular flexibility index (Phi) is 16.6. The van der Waals surface area contributed by atoms with Gasteiger partial charge in [-0.1, -0.05) is 65.8 Å². The summed E-state index contributed by atoms with van der Waals surface area (Å²) in [7, 11) is 0. The van der Waals surface area contributed by atoms with Gasteiger partial charge in [-0.15, -0.1) is 0 Å². The largest absolute Gasteiger partial charge is 0.376 e. The van der Waals surface area contributed by atoms with Crippen LogP contribution in [0.5, 0.6) is 0 Å². The van der Waals surface area contributed by atoms with Crippen LogP contribution in [0, 0.1) is 0 Å². The Morgan fingerprint density at radius 3 is 1.94 bits per heavy atom. The fraction of sp³-hybridized carbons (Fsp3) is 0.625. The number of ether oxygens (including phenoxy) is 1. The van der Waals surface area contributed by atoms with Crippen molar-refractivity contribution in [2.24, 2.45) is 0 Å². The molecule has 0 unspecified atom stereocenters. The second-order valence-corrected chi connectivity index (χ2v) is 2.89. The molecular formula is C16H30O. The first-order chi connectivity index (χ1) is 8.47. The topological polar surface area (TPSA) is 9.23 Å². The van der Waals surface area contributed by atoms with E-state index in [4.69, 9.17) is 4.74 Å². The van der Waals surface area contributed by atoms with Crippen molar-refractivity contribution in [2.45, 2.75) is 54.4 Å². The number of hydrogen-bond acceptors (Lipinski definition) is 1. The molecule has 0 spiro atoms. The quantitative estimate of drug-likeness (QED) is 0.556. The maximum absolute atomic E-state index is 5.35. The Balaban J connectivity index is 0. The highest BCUT2D eigenvalue weighted by molar-refractivity contribution is 5.37. The molecule has 0 saturated heterocycles. The lowest BCUT2D eigenvalue weighted by Crippen LogP contribution is -2.08. The Morgan fingerprint density at radius 2 is 1.35 bits per heavy atom. The van der Waals surface area contributed by atoms with Gasteiger partial charge in [0.1, 0.15) is 0 Å². The van der Waals surface area contributed by atoms with Crippen LogP contribution in [0.15, 0.2) is 35.5 Å². The molecule has 1 heteroatoms. The molecule has 0 atom stereocenters. The van der Waals surface area contributed by atoms with Gasteiger partial charge in [-0.3, -0.25) is 0 Å². The zero-order valence-electron chi connectivity index (χ0n) is 12.5. The molecule has 0 aromatic carbocycles. The number of rotatable bonds is 0. The second-order valence-electron chi connectivity index (χ2n) is 2.89. The van der Waals surface area contributed by atoms with E-state index >= 15 is 0 Å². The summed E-state index contributed by atoms with van der Waals surface area (Å²) in [6.45, 7) is 13.7. The molecule has 0 aromatic heterocycles. The third-order valence-electron chi connectivity index (χ3n) is 2.10. The van der Waals surface area contributed by atoms with E-state index in [1.807, 2.05) is 41.5 Å². The van der Waals surface area contributed by atoms with E-state index < -0.39 is 0 Å². The molecule has 0 aromatic rings. The van der Waals surface area contributed by atoms with Crippen LogP contribution in [-0.4, -0.2) is 13.2 Å². The minimum Gasteiger partial charge on any atom is -0.376 e. The van der Waals surface area contributed by atoms with Crippen LogP contribution in [0.2, 0.25) is 0 Å². The number of allylic oxidation sites excluding steroid dienone is 3. The van der Waals surface area contributed by atoms with Crippen molar-refractivity contribution < 1.29 is 4.74 Å². The van der Waals surface area contributed by atoms with Crippen LogP contribution in [0.3, 0.4) is 0 Å². The molecule has 0 fully saturated rings. The Morgan fingerprint density at radius 1 is 0.824 bits per heavy atom. The summed E-state index contributed by atoms with van der Waals surface area (Å²) in [4.78, 5) is 0. The normalized spacial score (nSPS) is 16.1. The molecule has 0 N–H and O–H groups in total. The van der Waals surface area contributed by atoms with Crippen molar-refractivity contribution in [3.8, 4) is 0 Å².